The van der Waals surface area contributed by atoms with E-state index in [-0.39, 0.29) is 5.91 Å². The highest BCUT2D eigenvalue weighted by Gasteiger charge is 2.17. The van der Waals surface area contributed by atoms with Gasteiger partial charge in [0.15, 0.2) is 0 Å². The number of hydrogen-bond acceptors (Lipinski definition) is 3. The van der Waals surface area contributed by atoms with Crippen LogP contribution in [0, 0.1) is 0 Å². The summed E-state index contributed by atoms with van der Waals surface area (Å²) < 4.78 is 0. The maximum absolute atomic E-state index is 12.0. The smallest absolute Gasteiger partial charge is 0.242 e. The van der Waals surface area contributed by atoms with Gasteiger partial charge >= 0.3 is 0 Å². The first kappa shape index (κ1) is 14.9. The molecule has 0 aromatic rings. The van der Waals surface area contributed by atoms with E-state index in [0.717, 1.165) is 26.3 Å². The lowest BCUT2D eigenvalue weighted by Gasteiger charge is -2.24. The zero-order valence-corrected chi connectivity index (χ0v) is 12.1. The molecule has 0 saturated carbocycles. The lowest BCUT2D eigenvalue weighted by molar-refractivity contribution is -0.131. The second-order valence-corrected chi connectivity index (χ2v) is 4.77. The number of nitrogens with zero attached hydrogens (tertiary/aromatic N) is 3. The van der Waals surface area contributed by atoms with Crippen LogP contribution in [0.1, 0.15) is 40.0 Å². The van der Waals surface area contributed by atoms with Crippen molar-refractivity contribution in [1.29, 1.82) is 0 Å². The van der Waals surface area contributed by atoms with Crippen LogP contribution in [0.5, 0.6) is 0 Å². The summed E-state index contributed by atoms with van der Waals surface area (Å²) in [5.74, 6) is 0.222. The third-order valence-corrected chi connectivity index (χ3v) is 3.35. The molecule has 1 heterocycles. The largest absolute Gasteiger partial charge is 0.359 e. The summed E-state index contributed by atoms with van der Waals surface area (Å²) in [6.45, 7) is 10.3. The van der Waals surface area contributed by atoms with Crippen molar-refractivity contribution in [2.75, 3.05) is 32.8 Å². The number of unbranched alkanes of at least 4 members (excludes halogenated alkanes) is 2. The van der Waals surface area contributed by atoms with Crippen LogP contribution in [-0.4, -0.2) is 53.5 Å². The lowest BCUT2D eigenvalue weighted by atomic mass is 10.2. The second kappa shape index (κ2) is 8.01. The minimum Gasteiger partial charge on any atom is -0.359 e. The fourth-order valence-electron chi connectivity index (χ4n) is 2.18. The SMILES string of the molecule is CCCCCN1C=CN(CC(=O)N(CC)CC)C1. The van der Waals surface area contributed by atoms with E-state index < -0.39 is 0 Å². The van der Waals surface area contributed by atoms with Crippen molar-refractivity contribution in [2.24, 2.45) is 0 Å². The van der Waals surface area contributed by atoms with Crippen LogP contribution < -0.4 is 0 Å². The number of carbonyl (C=O) groups excluding carboxylic acids is 1. The monoisotopic (exact) mass is 253 g/mol. The standard InChI is InChI=1S/C14H27N3O/c1-4-7-8-9-15-10-11-16(13-15)12-14(18)17(5-2)6-3/h10-11H,4-9,12-13H2,1-3H3. The molecule has 0 spiro atoms. The minimum atomic E-state index is 0.222. The fraction of sp³-hybridized carbons (Fsp3) is 0.786. The highest BCUT2D eigenvalue weighted by Crippen LogP contribution is 2.08. The molecule has 0 saturated heterocycles. The van der Waals surface area contributed by atoms with Crippen LogP contribution in [0.3, 0.4) is 0 Å². The maximum Gasteiger partial charge on any atom is 0.242 e. The number of carbonyl (C=O) groups is 1. The van der Waals surface area contributed by atoms with Crippen LogP contribution in [0.2, 0.25) is 0 Å². The van der Waals surface area contributed by atoms with Crippen molar-refractivity contribution < 1.29 is 4.79 Å². The van der Waals surface area contributed by atoms with Crippen molar-refractivity contribution in [3.05, 3.63) is 12.4 Å². The Bertz CT molecular complexity index is 274. The number of likely N-dealkylation sites (N-methyl/N-ethyl adjacent to an activating group) is 1. The fourth-order valence-corrected chi connectivity index (χ4v) is 2.18. The average Bonchev–Trinajstić information content (AvgIpc) is 2.79. The molecule has 0 bridgehead atoms. The normalized spacial score (nSPS) is 14.4. The molecular formula is C14H27N3O. The summed E-state index contributed by atoms with van der Waals surface area (Å²) >= 11 is 0. The Hall–Kier alpha value is -1.19. The van der Waals surface area contributed by atoms with Gasteiger partial charge in [0.1, 0.15) is 0 Å². The Labute approximate surface area is 111 Å². The summed E-state index contributed by atoms with van der Waals surface area (Å²) in [6.07, 6.45) is 7.90. The first-order valence-corrected chi connectivity index (χ1v) is 7.15. The molecule has 1 rings (SSSR count). The van der Waals surface area contributed by atoms with Crippen molar-refractivity contribution >= 4 is 5.91 Å². The Balaban J connectivity index is 2.26. The molecule has 1 aliphatic rings. The highest BCUT2D eigenvalue weighted by molar-refractivity contribution is 5.78. The Kier molecular flexibility index (Phi) is 6.61. The van der Waals surface area contributed by atoms with E-state index in [4.69, 9.17) is 0 Å². The van der Waals surface area contributed by atoms with Crippen LogP contribution in [0.4, 0.5) is 0 Å². The third kappa shape index (κ3) is 4.59. The summed E-state index contributed by atoms with van der Waals surface area (Å²) in [4.78, 5) is 18.2. The van der Waals surface area contributed by atoms with Gasteiger partial charge in [0.25, 0.3) is 0 Å². The predicted octanol–water partition coefficient (Wildman–Crippen LogP) is 2.09. The molecule has 0 atom stereocenters. The first-order chi connectivity index (χ1) is 8.71. The maximum atomic E-state index is 12.0. The van der Waals surface area contributed by atoms with Gasteiger partial charge in [-0.1, -0.05) is 19.8 Å². The second-order valence-electron chi connectivity index (χ2n) is 4.77. The van der Waals surface area contributed by atoms with E-state index in [1.165, 1.54) is 19.3 Å². The Morgan fingerprint density at radius 2 is 1.78 bits per heavy atom. The molecule has 0 unspecified atom stereocenters. The molecule has 1 aliphatic heterocycles. The van der Waals surface area contributed by atoms with Crippen molar-refractivity contribution in [1.82, 2.24) is 14.7 Å². The van der Waals surface area contributed by atoms with Crippen molar-refractivity contribution in [2.45, 2.75) is 40.0 Å². The molecule has 4 heteroatoms. The number of hydrogen-bond donors (Lipinski definition) is 0. The molecule has 0 radical (unpaired) electrons. The quantitative estimate of drug-likeness (QED) is 0.620. The molecule has 104 valence electrons. The summed E-state index contributed by atoms with van der Waals surface area (Å²) in [5.41, 5.74) is 0. The van der Waals surface area contributed by atoms with Crippen molar-refractivity contribution in [3.63, 3.8) is 0 Å². The molecule has 0 aliphatic carbocycles. The van der Waals surface area contributed by atoms with Crippen molar-refractivity contribution in [3.8, 4) is 0 Å². The zero-order chi connectivity index (χ0) is 13.4. The molecule has 0 N–H and O–H groups in total. The van der Waals surface area contributed by atoms with Gasteiger partial charge in [-0.05, 0) is 20.3 Å². The summed E-state index contributed by atoms with van der Waals surface area (Å²) in [7, 11) is 0. The summed E-state index contributed by atoms with van der Waals surface area (Å²) in [6, 6.07) is 0. The van der Waals surface area contributed by atoms with E-state index in [9.17, 15) is 4.79 Å². The van der Waals surface area contributed by atoms with Gasteiger partial charge in [0.2, 0.25) is 5.91 Å². The van der Waals surface area contributed by atoms with E-state index in [2.05, 4.69) is 22.9 Å². The van der Waals surface area contributed by atoms with E-state index in [1.807, 2.05) is 24.9 Å². The lowest BCUT2D eigenvalue weighted by Crippen LogP contribution is -2.39. The average molecular weight is 253 g/mol. The zero-order valence-electron chi connectivity index (χ0n) is 12.1. The molecule has 18 heavy (non-hydrogen) atoms. The topological polar surface area (TPSA) is 26.8 Å². The van der Waals surface area contributed by atoms with Gasteiger partial charge < -0.3 is 14.7 Å². The van der Waals surface area contributed by atoms with E-state index in [0.29, 0.717) is 6.54 Å². The molecule has 4 nitrogen and oxygen atoms in total. The van der Waals surface area contributed by atoms with E-state index in [1.54, 1.807) is 0 Å². The van der Waals surface area contributed by atoms with Gasteiger partial charge in [0, 0.05) is 32.0 Å². The number of rotatable bonds is 8. The Morgan fingerprint density at radius 1 is 1.11 bits per heavy atom. The Morgan fingerprint density at radius 3 is 2.39 bits per heavy atom. The van der Waals surface area contributed by atoms with Gasteiger partial charge in [-0.25, -0.2) is 0 Å². The van der Waals surface area contributed by atoms with Gasteiger partial charge in [0.05, 0.1) is 13.2 Å². The minimum absolute atomic E-state index is 0.222. The predicted molar refractivity (Wildman–Crippen MR) is 74.9 cm³/mol. The van der Waals surface area contributed by atoms with Crippen LogP contribution >= 0.6 is 0 Å². The van der Waals surface area contributed by atoms with Gasteiger partial charge in [-0.2, -0.15) is 0 Å². The van der Waals surface area contributed by atoms with Gasteiger partial charge in [-0.15, -0.1) is 0 Å². The third-order valence-electron chi connectivity index (χ3n) is 3.35. The van der Waals surface area contributed by atoms with E-state index >= 15 is 0 Å². The molecule has 0 fully saturated rings. The molecule has 0 aromatic heterocycles. The first-order valence-electron chi connectivity index (χ1n) is 7.15. The number of amides is 1. The van der Waals surface area contributed by atoms with Gasteiger partial charge in [-0.3, -0.25) is 4.79 Å². The van der Waals surface area contributed by atoms with Crippen LogP contribution in [0.25, 0.3) is 0 Å². The molecule has 1 amide bonds. The highest BCUT2D eigenvalue weighted by atomic mass is 16.2. The molecule has 0 aromatic carbocycles. The summed E-state index contributed by atoms with van der Waals surface area (Å²) in [5, 5.41) is 0. The van der Waals surface area contributed by atoms with Crippen LogP contribution in [-0.2, 0) is 4.79 Å². The molecular weight excluding hydrogens is 226 g/mol. The van der Waals surface area contributed by atoms with Crippen LogP contribution in [0.15, 0.2) is 12.4 Å².